The van der Waals surface area contributed by atoms with E-state index in [2.05, 4.69) is 19.6 Å². The molecule has 0 aromatic carbocycles. The number of hydrogen-bond donors (Lipinski definition) is 0. The number of nitrogens with zero attached hydrogens (tertiary/aromatic N) is 1. The van der Waals surface area contributed by atoms with Gasteiger partial charge in [0.15, 0.2) is 0 Å². The second-order valence-corrected chi connectivity index (χ2v) is 2.14. The largest absolute Gasteiger partial charge is 0.198 e. The lowest BCUT2D eigenvalue weighted by molar-refractivity contribution is 0.601. The molecule has 0 bridgehead atoms. The maximum absolute atomic E-state index is 8.49. The van der Waals surface area contributed by atoms with E-state index in [1.807, 2.05) is 6.08 Å². The number of nitriles is 1. The number of hydrogen-bond acceptors (Lipinski definition) is 1. The minimum absolute atomic E-state index is 0.201. The highest BCUT2D eigenvalue weighted by Gasteiger charge is 2.00. The fraction of sp³-hybridized carbons (Fsp3) is 0.625. The molecule has 0 aromatic rings. The Morgan fingerprint density at radius 3 is 2.78 bits per heavy atom. The van der Waals surface area contributed by atoms with Crippen molar-refractivity contribution in [1.29, 1.82) is 5.26 Å². The van der Waals surface area contributed by atoms with Gasteiger partial charge in [0.05, 0.1) is 6.07 Å². The lowest BCUT2D eigenvalue weighted by atomic mass is 10.0. The second-order valence-electron chi connectivity index (χ2n) is 2.14. The molecule has 0 saturated heterocycles. The molecular weight excluding hydrogens is 110 g/mol. The van der Waals surface area contributed by atoms with Gasteiger partial charge in [0.2, 0.25) is 0 Å². The molecule has 1 nitrogen and oxygen atoms in total. The molecule has 1 unspecified atom stereocenters. The molecule has 1 heteroatoms. The van der Waals surface area contributed by atoms with Crippen LogP contribution < -0.4 is 0 Å². The molecular formula is C8H13N. The van der Waals surface area contributed by atoms with Crippen LogP contribution >= 0.6 is 0 Å². The van der Waals surface area contributed by atoms with Crippen molar-refractivity contribution in [1.82, 2.24) is 0 Å². The lowest BCUT2D eigenvalue weighted by Crippen LogP contribution is -1.92. The van der Waals surface area contributed by atoms with Crippen molar-refractivity contribution in [3.8, 4) is 6.07 Å². The molecule has 0 heterocycles. The molecule has 9 heavy (non-hydrogen) atoms. The Morgan fingerprint density at radius 2 is 2.44 bits per heavy atom. The maximum Gasteiger partial charge on any atom is 0.0659 e. The fourth-order valence-corrected chi connectivity index (χ4v) is 0.785. The zero-order chi connectivity index (χ0) is 7.11. The first-order chi connectivity index (χ1) is 4.35. The highest BCUT2D eigenvalue weighted by Crippen LogP contribution is 2.08. The molecule has 0 fully saturated rings. The molecule has 0 rings (SSSR count). The molecule has 50 valence electrons. The summed E-state index contributed by atoms with van der Waals surface area (Å²) >= 11 is 0. The molecule has 0 aliphatic rings. The van der Waals surface area contributed by atoms with Crippen LogP contribution in [0.5, 0.6) is 0 Å². The predicted octanol–water partition coefficient (Wildman–Crippen LogP) is 2.50. The Morgan fingerprint density at radius 1 is 1.78 bits per heavy atom. The monoisotopic (exact) mass is 123 g/mol. The van der Waals surface area contributed by atoms with E-state index in [0.717, 1.165) is 19.3 Å². The van der Waals surface area contributed by atoms with Crippen LogP contribution in [0.3, 0.4) is 0 Å². The van der Waals surface area contributed by atoms with Gasteiger partial charge in [-0.25, -0.2) is 0 Å². The van der Waals surface area contributed by atoms with Crippen LogP contribution in [-0.2, 0) is 0 Å². The summed E-state index contributed by atoms with van der Waals surface area (Å²) in [5.41, 5.74) is 0. The Bertz CT molecular complexity index is 110. The Kier molecular flexibility index (Phi) is 4.91. The van der Waals surface area contributed by atoms with E-state index in [0.29, 0.717) is 0 Å². The summed E-state index contributed by atoms with van der Waals surface area (Å²) in [5, 5.41) is 8.49. The van der Waals surface area contributed by atoms with Crippen molar-refractivity contribution in [3.05, 3.63) is 12.7 Å². The minimum Gasteiger partial charge on any atom is -0.198 e. The first-order valence-corrected chi connectivity index (χ1v) is 3.35. The van der Waals surface area contributed by atoms with Crippen LogP contribution in [0.15, 0.2) is 12.7 Å². The van der Waals surface area contributed by atoms with E-state index in [1.165, 1.54) is 0 Å². The van der Waals surface area contributed by atoms with Gasteiger partial charge >= 0.3 is 0 Å². The van der Waals surface area contributed by atoms with Crippen molar-refractivity contribution in [2.45, 2.75) is 26.2 Å². The highest BCUT2D eigenvalue weighted by molar-refractivity contribution is 4.87. The van der Waals surface area contributed by atoms with Gasteiger partial charge in [-0.05, 0) is 12.8 Å². The minimum atomic E-state index is 0.201. The molecule has 0 saturated carbocycles. The van der Waals surface area contributed by atoms with Crippen LogP contribution in [0.2, 0.25) is 0 Å². The van der Waals surface area contributed by atoms with E-state index in [9.17, 15) is 0 Å². The standard InChI is InChI=1S/C8H13N/c1-3-5-8(7-9)6-4-2/h3,8H,1,4-6H2,2H3. The predicted molar refractivity (Wildman–Crippen MR) is 38.8 cm³/mol. The van der Waals surface area contributed by atoms with Gasteiger partial charge in [-0.1, -0.05) is 19.4 Å². The van der Waals surface area contributed by atoms with Gasteiger partial charge in [-0.2, -0.15) is 5.26 Å². The van der Waals surface area contributed by atoms with Gasteiger partial charge in [-0.3, -0.25) is 0 Å². The third-order valence-electron chi connectivity index (χ3n) is 1.27. The first-order valence-electron chi connectivity index (χ1n) is 3.35. The molecule has 0 spiro atoms. The molecule has 0 N–H and O–H groups in total. The smallest absolute Gasteiger partial charge is 0.0659 e. The summed E-state index contributed by atoms with van der Waals surface area (Å²) in [5.74, 6) is 0.201. The third-order valence-corrected chi connectivity index (χ3v) is 1.27. The first kappa shape index (κ1) is 8.23. The van der Waals surface area contributed by atoms with Crippen molar-refractivity contribution in [2.24, 2.45) is 5.92 Å². The van der Waals surface area contributed by atoms with Gasteiger partial charge in [0.1, 0.15) is 0 Å². The zero-order valence-electron chi connectivity index (χ0n) is 5.93. The summed E-state index contributed by atoms with van der Waals surface area (Å²) in [6, 6.07) is 2.23. The summed E-state index contributed by atoms with van der Waals surface area (Å²) in [6.45, 7) is 5.67. The summed E-state index contributed by atoms with van der Waals surface area (Å²) < 4.78 is 0. The van der Waals surface area contributed by atoms with Crippen molar-refractivity contribution >= 4 is 0 Å². The van der Waals surface area contributed by atoms with E-state index in [1.54, 1.807) is 0 Å². The molecule has 0 aliphatic carbocycles. The van der Waals surface area contributed by atoms with Gasteiger partial charge in [0.25, 0.3) is 0 Å². The van der Waals surface area contributed by atoms with Crippen LogP contribution in [0.4, 0.5) is 0 Å². The van der Waals surface area contributed by atoms with E-state index < -0.39 is 0 Å². The molecule has 0 amide bonds. The van der Waals surface area contributed by atoms with Crippen LogP contribution in [-0.4, -0.2) is 0 Å². The maximum atomic E-state index is 8.49. The summed E-state index contributed by atoms with van der Waals surface area (Å²) in [4.78, 5) is 0. The van der Waals surface area contributed by atoms with Crippen molar-refractivity contribution < 1.29 is 0 Å². The number of rotatable bonds is 4. The zero-order valence-corrected chi connectivity index (χ0v) is 5.93. The van der Waals surface area contributed by atoms with E-state index >= 15 is 0 Å². The quantitative estimate of drug-likeness (QED) is 0.527. The van der Waals surface area contributed by atoms with Gasteiger partial charge < -0.3 is 0 Å². The molecule has 0 aromatic heterocycles. The van der Waals surface area contributed by atoms with Crippen molar-refractivity contribution in [2.75, 3.05) is 0 Å². The fourth-order valence-electron chi connectivity index (χ4n) is 0.785. The highest BCUT2D eigenvalue weighted by atomic mass is 14.3. The van der Waals surface area contributed by atoms with Crippen molar-refractivity contribution in [3.63, 3.8) is 0 Å². The van der Waals surface area contributed by atoms with E-state index in [4.69, 9.17) is 5.26 Å². The van der Waals surface area contributed by atoms with Gasteiger partial charge in [0, 0.05) is 5.92 Å². The topological polar surface area (TPSA) is 23.8 Å². The molecule has 0 aliphatic heterocycles. The lowest BCUT2D eigenvalue weighted by Gasteiger charge is -2.00. The third kappa shape index (κ3) is 3.78. The molecule has 0 radical (unpaired) electrons. The van der Waals surface area contributed by atoms with Crippen LogP contribution in [0, 0.1) is 17.2 Å². The second kappa shape index (κ2) is 5.37. The van der Waals surface area contributed by atoms with Gasteiger partial charge in [-0.15, -0.1) is 6.58 Å². The Hall–Kier alpha value is -0.770. The average molecular weight is 123 g/mol. The number of allylic oxidation sites excluding steroid dienone is 1. The Labute approximate surface area is 57.0 Å². The summed E-state index contributed by atoms with van der Waals surface area (Å²) in [6.07, 6.45) is 4.74. The SMILES string of the molecule is C=CCC(C#N)CCC. The molecule has 1 atom stereocenters. The van der Waals surface area contributed by atoms with Crippen LogP contribution in [0.1, 0.15) is 26.2 Å². The average Bonchev–Trinajstić information content (AvgIpc) is 1.88. The van der Waals surface area contributed by atoms with E-state index in [-0.39, 0.29) is 5.92 Å². The normalized spacial score (nSPS) is 12.0. The Balaban J connectivity index is 3.44. The summed E-state index contributed by atoms with van der Waals surface area (Å²) in [7, 11) is 0. The van der Waals surface area contributed by atoms with Crippen LogP contribution in [0.25, 0.3) is 0 Å².